The summed E-state index contributed by atoms with van der Waals surface area (Å²) in [4.78, 5) is 15.6. The topological polar surface area (TPSA) is 80.0 Å². The minimum absolute atomic E-state index is 0.231. The van der Waals surface area contributed by atoms with Gasteiger partial charge in [-0.05, 0) is 43.2 Å². The molecule has 0 saturated heterocycles. The number of hydrogen-bond acceptors (Lipinski definition) is 4. The molecule has 1 aromatic carbocycles. The van der Waals surface area contributed by atoms with Crippen molar-refractivity contribution in [3.8, 4) is 0 Å². The first-order valence-corrected chi connectivity index (χ1v) is 7.05. The largest absolute Gasteiger partial charge is 0.383 e. The first-order chi connectivity index (χ1) is 10.5. The van der Waals surface area contributed by atoms with Crippen molar-refractivity contribution >= 4 is 17.4 Å². The normalized spacial score (nSPS) is 11.8. The van der Waals surface area contributed by atoms with E-state index in [0.717, 1.165) is 17.7 Å². The van der Waals surface area contributed by atoms with Crippen molar-refractivity contribution in [2.24, 2.45) is 5.73 Å². The average Bonchev–Trinajstić information content (AvgIpc) is 2.51. The van der Waals surface area contributed by atoms with Crippen LogP contribution >= 0.6 is 0 Å². The summed E-state index contributed by atoms with van der Waals surface area (Å²) < 4.78 is 12.8. The lowest BCUT2D eigenvalue weighted by atomic mass is 10.1. The highest BCUT2D eigenvalue weighted by Gasteiger charge is 2.07. The number of carbonyl (C=O) groups excluding carboxylic acids is 1. The predicted molar refractivity (Wildman–Crippen MR) is 85.1 cm³/mol. The van der Waals surface area contributed by atoms with Crippen LogP contribution in [0.25, 0.3) is 0 Å². The average molecular weight is 302 g/mol. The third-order valence-corrected chi connectivity index (χ3v) is 3.08. The molecule has 2 aromatic rings. The maximum atomic E-state index is 12.8. The minimum Gasteiger partial charge on any atom is -0.383 e. The number of rotatable bonds is 6. The zero-order chi connectivity index (χ0) is 15.9. The molecule has 1 atom stereocenters. The molecule has 0 aliphatic carbocycles. The summed E-state index contributed by atoms with van der Waals surface area (Å²) in [5.41, 5.74) is 7.37. The van der Waals surface area contributed by atoms with Gasteiger partial charge in [0.2, 0.25) is 5.91 Å². The Bertz CT molecular complexity index is 611. The van der Waals surface area contributed by atoms with Gasteiger partial charge >= 0.3 is 0 Å². The van der Waals surface area contributed by atoms with Gasteiger partial charge in [0.05, 0.1) is 17.9 Å². The lowest BCUT2D eigenvalue weighted by Gasteiger charge is -2.09. The number of aromatic nitrogens is 1. The Labute approximate surface area is 128 Å². The van der Waals surface area contributed by atoms with Gasteiger partial charge in [-0.25, -0.2) is 9.37 Å². The van der Waals surface area contributed by atoms with Gasteiger partial charge in [-0.3, -0.25) is 4.79 Å². The Morgan fingerprint density at radius 1 is 1.27 bits per heavy atom. The van der Waals surface area contributed by atoms with Gasteiger partial charge in [-0.15, -0.1) is 0 Å². The van der Waals surface area contributed by atoms with Gasteiger partial charge in [-0.2, -0.15) is 0 Å². The SMILES string of the molecule is CC(N)C(=O)Nc1ccc(NCCc2ccc(F)cc2)cn1. The fraction of sp³-hybridized carbons (Fsp3) is 0.250. The molecule has 0 radical (unpaired) electrons. The van der Waals surface area contributed by atoms with E-state index in [0.29, 0.717) is 12.4 Å². The third-order valence-electron chi connectivity index (χ3n) is 3.08. The van der Waals surface area contributed by atoms with E-state index in [1.807, 2.05) is 6.07 Å². The van der Waals surface area contributed by atoms with Crippen LogP contribution in [-0.4, -0.2) is 23.5 Å². The molecule has 2 rings (SSSR count). The van der Waals surface area contributed by atoms with Crippen LogP contribution in [0.2, 0.25) is 0 Å². The number of carbonyl (C=O) groups is 1. The zero-order valence-corrected chi connectivity index (χ0v) is 12.3. The maximum Gasteiger partial charge on any atom is 0.242 e. The molecular weight excluding hydrogens is 283 g/mol. The van der Waals surface area contributed by atoms with Gasteiger partial charge in [-0.1, -0.05) is 12.1 Å². The molecule has 1 unspecified atom stereocenters. The molecule has 5 nitrogen and oxygen atoms in total. The summed E-state index contributed by atoms with van der Waals surface area (Å²) >= 11 is 0. The van der Waals surface area contributed by atoms with Crippen molar-refractivity contribution in [1.82, 2.24) is 4.98 Å². The van der Waals surface area contributed by atoms with E-state index >= 15 is 0 Å². The summed E-state index contributed by atoms with van der Waals surface area (Å²) in [6, 6.07) is 9.40. The van der Waals surface area contributed by atoms with Crippen molar-refractivity contribution in [3.05, 3.63) is 54.0 Å². The second kappa shape index (κ2) is 7.51. The van der Waals surface area contributed by atoms with E-state index < -0.39 is 6.04 Å². The van der Waals surface area contributed by atoms with Gasteiger partial charge < -0.3 is 16.4 Å². The number of nitrogens with two attached hydrogens (primary N) is 1. The molecule has 1 amide bonds. The number of nitrogens with zero attached hydrogens (tertiary/aromatic N) is 1. The zero-order valence-electron chi connectivity index (χ0n) is 12.3. The summed E-state index contributed by atoms with van der Waals surface area (Å²) in [5.74, 6) is -0.0405. The van der Waals surface area contributed by atoms with Crippen LogP contribution in [0.3, 0.4) is 0 Å². The third kappa shape index (κ3) is 4.82. The Hall–Kier alpha value is -2.47. The number of hydrogen-bond donors (Lipinski definition) is 3. The van der Waals surface area contributed by atoms with Crippen LogP contribution in [0.5, 0.6) is 0 Å². The fourth-order valence-corrected chi connectivity index (χ4v) is 1.81. The summed E-state index contributed by atoms with van der Waals surface area (Å²) in [7, 11) is 0. The van der Waals surface area contributed by atoms with Crippen molar-refractivity contribution < 1.29 is 9.18 Å². The molecule has 1 heterocycles. The number of benzene rings is 1. The lowest BCUT2D eigenvalue weighted by Crippen LogP contribution is -2.32. The number of pyridine rings is 1. The van der Waals surface area contributed by atoms with E-state index in [4.69, 9.17) is 5.73 Å². The number of amides is 1. The van der Waals surface area contributed by atoms with Gasteiger partial charge in [0.15, 0.2) is 0 Å². The first kappa shape index (κ1) is 15.9. The quantitative estimate of drug-likeness (QED) is 0.764. The molecule has 0 spiro atoms. The molecule has 22 heavy (non-hydrogen) atoms. The second-order valence-corrected chi connectivity index (χ2v) is 5.01. The van der Waals surface area contributed by atoms with Crippen LogP contribution in [0.15, 0.2) is 42.6 Å². The fourth-order valence-electron chi connectivity index (χ4n) is 1.81. The van der Waals surface area contributed by atoms with Gasteiger partial charge in [0.1, 0.15) is 11.6 Å². The summed E-state index contributed by atoms with van der Waals surface area (Å²) in [6.07, 6.45) is 2.42. The van der Waals surface area contributed by atoms with E-state index in [1.165, 1.54) is 12.1 Å². The second-order valence-electron chi connectivity index (χ2n) is 5.01. The van der Waals surface area contributed by atoms with E-state index in [9.17, 15) is 9.18 Å². The Balaban J connectivity index is 1.81. The van der Waals surface area contributed by atoms with Crippen LogP contribution in [0.4, 0.5) is 15.9 Å². The van der Waals surface area contributed by atoms with Crippen LogP contribution < -0.4 is 16.4 Å². The molecule has 116 valence electrons. The van der Waals surface area contributed by atoms with Crippen molar-refractivity contribution in [2.45, 2.75) is 19.4 Å². The Kier molecular flexibility index (Phi) is 5.43. The highest BCUT2D eigenvalue weighted by Crippen LogP contribution is 2.10. The van der Waals surface area contributed by atoms with Crippen molar-refractivity contribution in [3.63, 3.8) is 0 Å². The Morgan fingerprint density at radius 3 is 2.59 bits per heavy atom. The Morgan fingerprint density at radius 2 is 2.00 bits per heavy atom. The standard InChI is InChI=1S/C16H19FN4O/c1-11(18)16(22)21-15-7-6-14(10-20-15)19-9-8-12-2-4-13(17)5-3-12/h2-7,10-11,19H,8-9,18H2,1H3,(H,20,21,22). The van der Waals surface area contributed by atoms with Gasteiger partial charge in [0.25, 0.3) is 0 Å². The van der Waals surface area contributed by atoms with E-state index in [1.54, 1.807) is 31.3 Å². The molecule has 1 aromatic heterocycles. The molecule has 0 aliphatic rings. The summed E-state index contributed by atoms with van der Waals surface area (Å²) in [6.45, 7) is 2.32. The molecule has 0 aliphatic heterocycles. The van der Waals surface area contributed by atoms with E-state index in [-0.39, 0.29) is 11.7 Å². The monoisotopic (exact) mass is 302 g/mol. The smallest absolute Gasteiger partial charge is 0.242 e. The minimum atomic E-state index is -0.574. The number of anilines is 2. The predicted octanol–water partition coefficient (Wildman–Crippen LogP) is 2.16. The van der Waals surface area contributed by atoms with Crippen LogP contribution in [-0.2, 0) is 11.2 Å². The first-order valence-electron chi connectivity index (χ1n) is 7.05. The number of halogens is 1. The molecule has 6 heteroatoms. The van der Waals surface area contributed by atoms with Crippen LogP contribution in [0, 0.1) is 5.82 Å². The maximum absolute atomic E-state index is 12.8. The number of nitrogens with one attached hydrogen (secondary N) is 2. The van der Waals surface area contributed by atoms with Crippen molar-refractivity contribution in [2.75, 3.05) is 17.2 Å². The lowest BCUT2D eigenvalue weighted by molar-refractivity contribution is -0.117. The van der Waals surface area contributed by atoms with E-state index in [2.05, 4.69) is 15.6 Å². The molecule has 0 bridgehead atoms. The van der Waals surface area contributed by atoms with Crippen LogP contribution in [0.1, 0.15) is 12.5 Å². The molecular formula is C16H19FN4O. The van der Waals surface area contributed by atoms with Crippen molar-refractivity contribution in [1.29, 1.82) is 0 Å². The van der Waals surface area contributed by atoms with Gasteiger partial charge in [0, 0.05) is 6.54 Å². The highest BCUT2D eigenvalue weighted by molar-refractivity contribution is 5.93. The molecule has 4 N–H and O–H groups in total. The highest BCUT2D eigenvalue weighted by atomic mass is 19.1. The molecule has 0 fully saturated rings. The summed E-state index contributed by atoms with van der Waals surface area (Å²) in [5, 5.41) is 5.83. The molecule has 0 saturated carbocycles.